The van der Waals surface area contributed by atoms with E-state index in [0.717, 1.165) is 17.3 Å². The molecule has 1 aromatic heterocycles. The summed E-state index contributed by atoms with van der Waals surface area (Å²) in [5.74, 6) is 0.0630. The first-order valence-corrected chi connectivity index (χ1v) is 7.39. The minimum Gasteiger partial charge on any atom is -0.399 e. The van der Waals surface area contributed by atoms with Crippen molar-refractivity contribution >= 4 is 22.5 Å². The maximum Gasteiger partial charge on any atom is 0.256 e. The number of rotatable bonds is 2. The lowest BCUT2D eigenvalue weighted by Crippen LogP contribution is -2.51. The van der Waals surface area contributed by atoms with Crippen LogP contribution in [0.25, 0.3) is 10.9 Å². The highest BCUT2D eigenvalue weighted by atomic mass is 16.5. The summed E-state index contributed by atoms with van der Waals surface area (Å²) in [7, 11) is 0. The number of H-pyrrole nitrogens is 1. The second kappa shape index (κ2) is 5.41. The molecule has 1 fully saturated rings. The van der Waals surface area contributed by atoms with Gasteiger partial charge in [0.25, 0.3) is 5.91 Å². The number of anilines is 1. The number of hydrogen-bond acceptors (Lipinski definition) is 3. The fraction of sp³-hybridized carbons (Fsp3) is 0.438. The van der Waals surface area contributed by atoms with Crippen LogP contribution in [0.2, 0.25) is 0 Å². The van der Waals surface area contributed by atoms with Gasteiger partial charge in [0.15, 0.2) is 0 Å². The van der Waals surface area contributed by atoms with Gasteiger partial charge in [-0.25, -0.2) is 0 Å². The van der Waals surface area contributed by atoms with Gasteiger partial charge in [-0.1, -0.05) is 6.92 Å². The Kier molecular flexibility index (Phi) is 3.59. The van der Waals surface area contributed by atoms with Gasteiger partial charge in [-0.3, -0.25) is 4.79 Å². The first-order chi connectivity index (χ1) is 10.1. The third-order valence-electron chi connectivity index (χ3n) is 4.14. The second-order valence-corrected chi connectivity index (χ2v) is 5.67. The Balaban J connectivity index is 1.95. The number of carbonyl (C=O) groups excluding carboxylic acids is 1. The number of nitrogens with one attached hydrogen (secondary N) is 1. The van der Waals surface area contributed by atoms with E-state index in [4.69, 9.17) is 10.5 Å². The number of carbonyl (C=O) groups is 1. The molecule has 1 amide bonds. The number of morpholine rings is 1. The number of fused-ring (bicyclic) bond motifs is 1. The van der Waals surface area contributed by atoms with E-state index in [1.54, 1.807) is 6.20 Å². The molecule has 0 bridgehead atoms. The predicted octanol–water partition coefficient (Wildman–Crippen LogP) is 2.39. The summed E-state index contributed by atoms with van der Waals surface area (Å²) in [6, 6.07) is 5.73. The van der Waals surface area contributed by atoms with Crippen LogP contribution in [0.3, 0.4) is 0 Å². The van der Waals surface area contributed by atoms with Gasteiger partial charge in [0.2, 0.25) is 0 Å². The molecule has 112 valence electrons. The van der Waals surface area contributed by atoms with Crippen LogP contribution in [0.1, 0.15) is 30.6 Å². The Morgan fingerprint density at radius 2 is 2.33 bits per heavy atom. The molecule has 0 saturated carbocycles. The van der Waals surface area contributed by atoms with E-state index in [-0.39, 0.29) is 18.1 Å². The van der Waals surface area contributed by atoms with Crippen LogP contribution in [0.15, 0.2) is 24.4 Å². The summed E-state index contributed by atoms with van der Waals surface area (Å²) >= 11 is 0. The van der Waals surface area contributed by atoms with Crippen molar-refractivity contribution < 1.29 is 9.53 Å². The highest BCUT2D eigenvalue weighted by Gasteiger charge is 2.31. The Morgan fingerprint density at radius 3 is 3.10 bits per heavy atom. The van der Waals surface area contributed by atoms with Gasteiger partial charge >= 0.3 is 0 Å². The molecule has 21 heavy (non-hydrogen) atoms. The average molecular weight is 287 g/mol. The number of ether oxygens (including phenoxy) is 1. The number of aromatic amines is 1. The lowest BCUT2D eigenvalue weighted by atomic mass is 10.1. The number of benzene rings is 1. The molecule has 1 aliphatic heterocycles. The first kappa shape index (κ1) is 13.9. The molecule has 1 saturated heterocycles. The summed E-state index contributed by atoms with van der Waals surface area (Å²) in [5.41, 5.74) is 8.07. The molecule has 0 spiro atoms. The van der Waals surface area contributed by atoms with Gasteiger partial charge in [-0.15, -0.1) is 0 Å². The molecule has 2 unspecified atom stereocenters. The fourth-order valence-corrected chi connectivity index (χ4v) is 2.91. The molecule has 3 rings (SSSR count). The number of hydrogen-bond donors (Lipinski definition) is 2. The third kappa shape index (κ3) is 2.49. The molecular weight excluding hydrogens is 266 g/mol. The van der Waals surface area contributed by atoms with E-state index in [0.29, 0.717) is 24.4 Å². The van der Waals surface area contributed by atoms with Gasteiger partial charge < -0.3 is 20.4 Å². The van der Waals surface area contributed by atoms with Crippen LogP contribution in [-0.2, 0) is 4.74 Å². The van der Waals surface area contributed by atoms with Gasteiger partial charge in [0, 0.05) is 29.3 Å². The largest absolute Gasteiger partial charge is 0.399 e. The predicted molar refractivity (Wildman–Crippen MR) is 83.2 cm³/mol. The maximum absolute atomic E-state index is 12.9. The molecule has 2 atom stereocenters. The highest BCUT2D eigenvalue weighted by Crippen LogP contribution is 2.24. The fourth-order valence-electron chi connectivity index (χ4n) is 2.91. The Hall–Kier alpha value is -2.01. The van der Waals surface area contributed by atoms with Crippen LogP contribution < -0.4 is 5.73 Å². The van der Waals surface area contributed by atoms with Crippen molar-refractivity contribution in [3.05, 3.63) is 30.0 Å². The van der Waals surface area contributed by atoms with Crippen molar-refractivity contribution in [2.45, 2.75) is 32.4 Å². The maximum atomic E-state index is 12.9. The van der Waals surface area contributed by atoms with E-state index >= 15 is 0 Å². The van der Waals surface area contributed by atoms with Crippen LogP contribution in [0.4, 0.5) is 5.69 Å². The van der Waals surface area contributed by atoms with E-state index < -0.39 is 0 Å². The Bertz CT molecular complexity index is 665. The van der Waals surface area contributed by atoms with Crippen LogP contribution in [0, 0.1) is 0 Å². The monoisotopic (exact) mass is 287 g/mol. The van der Waals surface area contributed by atoms with Gasteiger partial charge in [0.05, 0.1) is 24.3 Å². The van der Waals surface area contributed by atoms with E-state index in [1.807, 2.05) is 30.0 Å². The number of nitrogen functional groups attached to an aromatic ring is 1. The minimum absolute atomic E-state index is 0.0630. The van der Waals surface area contributed by atoms with Crippen LogP contribution >= 0.6 is 0 Å². The van der Waals surface area contributed by atoms with Crippen molar-refractivity contribution in [1.29, 1.82) is 0 Å². The zero-order valence-electron chi connectivity index (χ0n) is 12.4. The molecule has 1 aromatic carbocycles. The summed E-state index contributed by atoms with van der Waals surface area (Å²) in [6.07, 6.45) is 2.75. The van der Waals surface area contributed by atoms with Crippen molar-refractivity contribution in [1.82, 2.24) is 9.88 Å². The summed E-state index contributed by atoms with van der Waals surface area (Å²) in [4.78, 5) is 18.0. The molecule has 3 N–H and O–H groups in total. The lowest BCUT2D eigenvalue weighted by molar-refractivity contribution is -0.0443. The highest BCUT2D eigenvalue weighted by molar-refractivity contribution is 6.07. The average Bonchev–Trinajstić information content (AvgIpc) is 2.89. The summed E-state index contributed by atoms with van der Waals surface area (Å²) < 4.78 is 5.66. The minimum atomic E-state index is 0.0630. The Morgan fingerprint density at radius 1 is 1.52 bits per heavy atom. The van der Waals surface area contributed by atoms with E-state index in [2.05, 4.69) is 11.9 Å². The molecule has 1 aliphatic rings. The number of nitrogens with two attached hydrogens (primary N) is 1. The molecule has 2 heterocycles. The second-order valence-electron chi connectivity index (χ2n) is 5.67. The van der Waals surface area contributed by atoms with Crippen molar-refractivity contribution in [2.24, 2.45) is 0 Å². The van der Waals surface area contributed by atoms with Crippen molar-refractivity contribution in [3.63, 3.8) is 0 Å². The standard InChI is InChI=1S/C16H21N3O2/c1-3-12-9-21-10(2)8-19(12)16(20)14-7-18-15-6-11(17)4-5-13(14)15/h4-7,10,12,18H,3,8-9,17H2,1-2H3. The van der Waals surface area contributed by atoms with Crippen LogP contribution in [0.5, 0.6) is 0 Å². The number of aromatic nitrogens is 1. The van der Waals surface area contributed by atoms with Gasteiger partial charge in [-0.05, 0) is 31.5 Å². The number of amides is 1. The molecule has 5 nitrogen and oxygen atoms in total. The van der Waals surface area contributed by atoms with Gasteiger partial charge in [0.1, 0.15) is 0 Å². The smallest absolute Gasteiger partial charge is 0.256 e. The molecule has 5 heteroatoms. The third-order valence-corrected chi connectivity index (χ3v) is 4.14. The lowest BCUT2D eigenvalue weighted by Gasteiger charge is -2.38. The normalized spacial score (nSPS) is 22.7. The topological polar surface area (TPSA) is 71.3 Å². The molecular formula is C16H21N3O2. The summed E-state index contributed by atoms with van der Waals surface area (Å²) in [5, 5.41) is 0.920. The number of nitrogens with zero attached hydrogens (tertiary/aromatic N) is 1. The van der Waals surface area contributed by atoms with Crippen molar-refractivity contribution in [3.8, 4) is 0 Å². The van der Waals surface area contributed by atoms with Crippen molar-refractivity contribution in [2.75, 3.05) is 18.9 Å². The molecule has 2 aromatic rings. The van der Waals surface area contributed by atoms with E-state index in [9.17, 15) is 4.79 Å². The molecule has 0 aliphatic carbocycles. The first-order valence-electron chi connectivity index (χ1n) is 7.39. The van der Waals surface area contributed by atoms with Gasteiger partial charge in [-0.2, -0.15) is 0 Å². The summed E-state index contributed by atoms with van der Waals surface area (Å²) in [6.45, 7) is 5.33. The quantitative estimate of drug-likeness (QED) is 0.833. The Labute approximate surface area is 124 Å². The zero-order valence-corrected chi connectivity index (χ0v) is 12.4. The van der Waals surface area contributed by atoms with Crippen LogP contribution in [-0.4, -0.2) is 41.1 Å². The zero-order chi connectivity index (χ0) is 15.0. The SMILES string of the molecule is CCC1COC(C)CN1C(=O)c1c[nH]c2cc(N)ccc12. The van der Waals surface area contributed by atoms with E-state index in [1.165, 1.54) is 0 Å². The molecule has 0 radical (unpaired) electrons.